The Morgan fingerprint density at radius 1 is 1.27 bits per heavy atom. The van der Waals surface area contributed by atoms with Gasteiger partial charge in [0.1, 0.15) is 0 Å². The maximum Gasteiger partial charge on any atom is 0.332 e. The van der Waals surface area contributed by atoms with Gasteiger partial charge in [-0.3, -0.25) is 0 Å². The Morgan fingerprint density at radius 2 is 1.87 bits per heavy atom. The zero-order valence-electron chi connectivity index (χ0n) is 8.35. The van der Waals surface area contributed by atoms with E-state index in [1.54, 1.807) is 0 Å². The molecule has 0 heterocycles. The van der Waals surface area contributed by atoms with E-state index in [1.165, 1.54) is 0 Å². The van der Waals surface area contributed by atoms with Crippen molar-refractivity contribution in [1.29, 1.82) is 0 Å². The molecular weight excluding hydrogens is 200 g/mol. The fourth-order valence-electron chi connectivity index (χ4n) is 0.731. The highest BCUT2D eigenvalue weighted by atomic mass is 16.6. The summed E-state index contributed by atoms with van der Waals surface area (Å²) in [7, 11) is 0. The molecule has 0 saturated heterocycles. The number of hydrogen-bond acceptors (Lipinski definition) is 5. The fraction of sp³-hybridized carbons (Fsp3) is 0.400. The van der Waals surface area contributed by atoms with Gasteiger partial charge in [0.15, 0.2) is 0 Å². The van der Waals surface area contributed by atoms with Gasteiger partial charge in [0.05, 0.1) is 6.61 Å². The molecule has 0 aromatic rings. The molecule has 5 heteroatoms. The van der Waals surface area contributed by atoms with Crippen molar-refractivity contribution < 1.29 is 24.2 Å². The second-order valence-corrected chi connectivity index (χ2v) is 2.61. The lowest BCUT2D eigenvalue weighted by atomic mass is 10.3. The normalized spacial score (nSPS) is 11.3. The molecule has 0 aromatic heterocycles. The van der Waals surface area contributed by atoms with Crippen molar-refractivity contribution in [3.63, 3.8) is 0 Å². The van der Waals surface area contributed by atoms with Crippen LogP contribution in [0.4, 0.5) is 0 Å². The lowest BCUT2D eigenvalue weighted by molar-refractivity contribution is -0.163. The molecule has 84 valence electrons. The van der Waals surface area contributed by atoms with E-state index in [9.17, 15) is 9.59 Å². The highest BCUT2D eigenvalue weighted by molar-refractivity contribution is 5.81. The molecule has 0 radical (unpaired) electrons. The molecule has 0 amide bonds. The Bertz CT molecular complexity index is 246. The van der Waals surface area contributed by atoms with Crippen molar-refractivity contribution in [2.45, 2.75) is 19.1 Å². The fourth-order valence-corrected chi connectivity index (χ4v) is 0.731. The summed E-state index contributed by atoms with van der Waals surface area (Å²) in [6, 6.07) is 0. The van der Waals surface area contributed by atoms with Crippen LogP contribution >= 0.6 is 0 Å². The Morgan fingerprint density at radius 3 is 2.40 bits per heavy atom. The summed E-state index contributed by atoms with van der Waals surface area (Å²) in [6.45, 7) is 6.55. The van der Waals surface area contributed by atoms with Crippen LogP contribution in [0.25, 0.3) is 0 Å². The first kappa shape index (κ1) is 13.4. The molecular formula is C10H14O5. The molecule has 0 bridgehead atoms. The third-order valence-corrected chi connectivity index (χ3v) is 1.43. The van der Waals surface area contributed by atoms with Gasteiger partial charge in [-0.05, 0) is 6.42 Å². The molecule has 5 nitrogen and oxygen atoms in total. The van der Waals surface area contributed by atoms with Crippen LogP contribution in [0.1, 0.15) is 12.8 Å². The van der Waals surface area contributed by atoms with Crippen molar-refractivity contribution in [1.82, 2.24) is 0 Å². The Kier molecular flexibility index (Phi) is 6.92. The van der Waals surface area contributed by atoms with Crippen LogP contribution < -0.4 is 0 Å². The van der Waals surface area contributed by atoms with E-state index in [2.05, 4.69) is 22.6 Å². The number of aliphatic hydroxyl groups excluding tert-OH is 1. The predicted molar refractivity (Wildman–Crippen MR) is 52.7 cm³/mol. The number of carbonyl (C=O) groups excluding carboxylic acids is 2. The number of esters is 2. The van der Waals surface area contributed by atoms with Gasteiger partial charge in [0.2, 0.25) is 6.29 Å². The standard InChI is InChI=1S/C10H14O5/c1-3-8(11)14-7-5-6-10(13)15-9(12)4-2/h3-4,10,13H,1-2,5-7H2. The van der Waals surface area contributed by atoms with Crippen LogP contribution in [0.3, 0.4) is 0 Å². The molecule has 0 rings (SSSR count). The minimum absolute atomic E-state index is 0.146. The van der Waals surface area contributed by atoms with E-state index in [0.717, 1.165) is 12.2 Å². The van der Waals surface area contributed by atoms with Crippen molar-refractivity contribution in [2.24, 2.45) is 0 Å². The molecule has 1 N–H and O–H groups in total. The zero-order valence-corrected chi connectivity index (χ0v) is 8.35. The largest absolute Gasteiger partial charge is 0.463 e. The van der Waals surface area contributed by atoms with Crippen molar-refractivity contribution in [3.05, 3.63) is 25.3 Å². The molecule has 0 aliphatic rings. The molecule has 0 fully saturated rings. The summed E-state index contributed by atoms with van der Waals surface area (Å²) in [5.74, 6) is -1.21. The maximum absolute atomic E-state index is 10.6. The SMILES string of the molecule is C=CC(=O)OCCCC(O)OC(=O)C=C. The summed E-state index contributed by atoms with van der Waals surface area (Å²) in [4.78, 5) is 21.2. The lowest BCUT2D eigenvalue weighted by Crippen LogP contribution is -2.16. The quantitative estimate of drug-likeness (QED) is 0.290. The molecule has 0 saturated carbocycles. The van der Waals surface area contributed by atoms with Crippen LogP contribution in [-0.2, 0) is 19.1 Å². The number of hydrogen-bond donors (Lipinski definition) is 1. The van der Waals surface area contributed by atoms with E-state index in [4.69, 9.17) is 5.11 Å². The molecule has 0 aliphatic carbocycles. The van der Waals surface area contributed by atoms with Gasteiger partial charge >= 0.3 is 11.9 Å². The summed E-state index contributed by atoms with van der Waals surface area (Å²) >= 11 is 0. The lowest BCUT2D eigenvalue weighted by Gasteiger charge is -2.09. The second kappa shape index (κ2) is 7.75. The molecule has 15 heavy (non-hydrogen) atoms. The topological polar surface area (TPSA) is 72.8 Å². The first-order valence-corrected chi connectivity index (χ1v) is 4.40. The highest BCUT2D eigenvalue weighted by Gasteiger charge is 2.07. The van der Waals surface area contributed by atoms with E-state index in [1.807, 2.05) is 0 Å². The Balaban J connectivity index is 3.50. The van der Waals surface area contributed by atoms with E-state index in [-0.39, 0.29) is 13.0 Å². The molecule has 0 spiro atoms. The van der Waals surface area contributed by atoms with Crippen LogP contribution in [0, 0.1) is 0 Å². The molecule has 1 atom stereocenters. The minimum Gasteiger partial charge on any atom is -0.463 e. The van der Waals surface area contributed by atoms with Gasteiger partial charge in [0.25, 0.3) is 0 Å². The average Bonchev–Trinajstić information content (AvgIpc) is 2.23. The van der Waals surface area contributed by atoms with Crippen molar-refractivity contribution in [2.75, 3.05) is 6.61 Å². The van der Waals surface area contributed by atoms with Crippen molar-refractivity contribution >= 4 is 11.9 Å². The Labute approximate surface area is 88.0 Å². The summed E-state index contributed by atoms with van der Waals surface area (Å²) in [5.41, 5.74) is 0. The molecule has 0 aromatic carbocycles. The summed E-state index contributed by atoms with van der Waals surface area (Å²) < 4.78 is 9.11. The number of rotatable bonds is 7. The van der Waals surface area contributed by atoms with E-state index < -0.39 is 18.2 Å². The van der Waals surface area contributed by atoms with E-state index in [0.29, 0.717) is 6.42 Å². The third-order valence-electron chi connectivity index (χ3n) is 1.43. The van der Waals surface area contributed by atoms with Gasteiger partial charge in [-0.25, -0.2) is 9.59 Å². The van der Waals surface area contributed by atoms with Gasteiger partial charge in [-0.15, -0.1) is 0 Å². The summed E-state index contributed by atoms with van der Waals surface area (Å²) in [5, 5.41) is 9.12. The third kappa shape index (κ3) is 7.45. The monoisotopic (exact) mass is 214 g/mol. The highest BCUT2D eigenvalue weighted by Crippen LogP contribution is 2.00. The van der Waals surface area contributed by atoms with Gasteiger partial charge in [-0.1, -0.05) is 13.2 Å². The minimum atomic E-state index is -1.20. The first-order valence-electron chi connectivity index (χ1n) is 4.40. The number of ether oxygens (including phenoxy) is 2. The van der Waals surface area contributed by atoms with E-state index >= 15 is 0 Å². The predicted octanol–water partition coefficient (Wildman–Crippen LogP) is 0.543. The van der Waals surface area contributed by atoms with Crippen LogP contribution in [-0.4, -0.2) is 29.9 Å². The second-order valence-electron chi connectivity index (χ2n) is 2.61. The van der Waals surface area contributed by atoms with Crippen molar-refractivity contribution in [3.8, 4) is 0 Å². The number of carbonyl (C=O) groups is 2. The zero-order chi connectivity index (χ0) is 11.7. The number of aliphatic hydroxyl groups is 1. The Hall–Kier alpha value is -1.62. The van der Waals surface area contributed by atoms with Gasteiger partial charge < -0.3 is 14.6 Å². The van der Waals surface area contributed by atoms with Gasteiger partial charge in [-0.2, -0.15) is 0 Å². The van der Waals surface area contributed by atoms with Gasteiger partial charge in [0, 0.05) is 18.6 Å². The molecule has 1 unspecified atom stereocenters. The average molecular weight is 214 g/mol. The first-order chi connectivity index (χ1) is 7.10. The molecule has 0 aliphatic heterocycles. The van der Waals surface area contributed by atoms with Crippen LogP contribution in [0.2, 0.25) is 0 Å². The summed E-state index contributed by atoms with van der Waals surface area (Å²) in [6.07, 6.45) is 1.41. The smallest absolute Gasteiger partial charge is 0.332 e. The maximum atomic E-state index is 10.6. The van der Waals surface area contributed by atoms with Crippen LogP contribution in [0.15, 0.2) is 25.3 Å². The van der Waals surface area contributed by atoms with Crippen LogP contribution in [0.5, 0.6) is 0 Å².